The molecule has 0 fully saturated rings. The van der Waals surface area contributed by atoms with Gasteiger partial charge >= 0.3 is 0 Å². The molecular weight excluding hydrogens is 318 g/mol. The summed E-state index contributed by atoms with van der Waals surface area (Å²) in [4.78, 5) is 14.1. The number of para-hydroxylation sites is 1. The van der Waals surface area contributed by atoms with Crippen molar-refractivity contribution in [2.45, 2.75) is 0 Å². The molecule has 0 radical (unpaired) electrons. The maximum atomic E-state index is 12.4. The average Bonchev–Trinajstić information content (AvgIpc) is 2.66. The lowest BCUT2D eigenvalue weighted by atomic mass is 10.2. The van der Waals surface area contributed by atoms with E-state index in [2.05, 4.69) is 5.32 Å². The van der Waals surface area contributed by atoms with Gasteiger partial charge in [-0.25, -0.2) is 0 Å². The number of nitriles is 1. The van der Waals surface area contributed by atoms with E-state index in [0.29, 0.717) is 17.2 Å². The van der Waals surface area contributed by atoms with Crippen molar-refractivity contribution in [3.63, 3.8) is 0 Å². The zero-order chi connectivity index (χ0) is 18.2. The van der Waals surface area contributed by atoms with Gasteiger partial charge in [0.05, 0.1) is 14.2 Å². The summed E-state index contributed by atoms with van der Waals surface area (Å²) in [6.07, 6.45) is 1.49. The quantitative estimate of drug-likeness (QED) is 0.647. The average molecular weight is 337 g/mol. The molecule has 0 aliphatic heterocycles. The number of nitrogens with one attached hydrogen (secondary N) is 1. The number of ether oxygens (including phenoxy) is 2. The summed E-state index contributed by atoms with van der Waals surface area (Å²) < 4.78 is 10.4. The van der Waals surface area contributed by atoms with Crippen LogP contribution in [-0.2, 0) is 4.79 Å². The summed E-state index contributed by atoms with van der Waals surface area (Å²) in [5.41, 5.74) is 1.36. The molecule has 0 heterocycles. The van der Waals surface area contributed by atoms with Crippen molar-refractivity contribution in [1.29, 1.82) is 5.26 Å². The Bertz CT molecular complexity index is 810. The molecule has 2 aromatic rings. The summed E-state index contributed by atoms with van der Waals surface area (Å²) in [7, 11) is 4.82. The highest BCUT2D eigenvalue weighted by molar-refractivity contribution is 6.06. The second-order valence-corrected chi connectivity index (χ2v) is 5.12. The highest BCUT2D eigenvalue weighted by Gasteiger charge is 2.12. The van der Waals surface area contributed by atoms with Crippen LogP contribution in [0.4, 0.5) is 11.4 Å². The van der Waals surface area contributed by atoms with Crippen LogP contribution >= 0.6 is 0 Å². The number of nitrogens with zero attached hydrogens (tertiary/aromatic N) is 2. The minimum atomic E-state index is -0.502. The van der Waals surface area contributed by atoms with Crippen molar-refractivity contribution < 1.29 is 14.3 Å². The molecular formula is C19H19N3O3. The molecule has 0 aliphatic carbocycles. The SMILES string of the molecule is COc1ccc(NC(=O)/C(C#N)=C\N(C)c2ccccc2)cc1OC. The van der Waals surface area contributed by atoms with Crippen LogP contribution in [0.5, 0.6) is 11.5 Å². The highest BCUT2D eigenvalue weighted by atomic mass is 16.5. The van der Waals surface area contributed by atoms with Gasteiger partial charge in [-0.1, -0.05) is 18.2 Å². The van der Waals surface area contributed by atoms with Crippen LogP contribution in [0, 0.1) is 11.3 Å². The Balaban J connectivity index is 2.18. The summed E-state index contributed by atoms with van der Waals surface area (Å²) >= 11 is 0. The van der Waals surface area contributed by atoms with Crippen molar-refractivity contribution >= 4 is 17.3 Å². The summed E-state index contributed by atoms with van der Waals surface area (Å²) in [5.74, 6) is 0.544. The molecule has 128 valence electrons. The normalized spacial score (nSPS) is 10.6. The smallest absolute Gasteiger partial charge is 0.267 e. The molecule has 2 aromatic carbocycles. The maximum Gasteiger partial charge on any atom is 0.267 e. The second kappa shape index (κ2) is 8.41. The van der Waals surface area contributed by atoms with Crippen LogP contribution in [0.3, 0.4) is 0 Å². The predicted molar refractivity (Wildman–Crippen MR) is 96.7 cm³/mol. The molecule has 0 unspecified atom stereocenters. The number of methoxy groups -OCH3 is 2. The van der Waals surface area contributed by atoms with Gasteiger partial charge in [0.2, 0.25) is 0 Å². The molecule has 0 saturated heterocycles. The molecule has 2 rings (SSSR count). The number of carbonyl (C=O) groups excluding carboxylic acids is 1. The first-order valence-corrected chi connectivity index (χ1v) is 7.52. The molecule has 1 amide bonds. The number of amides is 1. The third-order valence-corrected chi connectivity index (χ3v) is 3.49. The summed E-state index contributed by atoms with van der Waals surface area (Å²) in [5, 5.41) is 12.0. The van der Waals surface area contributed by atoms with Crippen molar-refractivity contribution in [1.82, 2.24) is 0 Å². The molecule has 0 saturated carbocycles. The fraction of sp³-hybridized carbons (Fsp3) is 0.158. The van der Waals surface area contributed by atoms with Gasteiger partial charge < -0.3 is 19.7 Å². The number of hydrogen-bond acceptors (Lipinski definition) is 5. The van der Waals surface area contributed by atoms with Gasteiger partial charge in [0.15, 0.2) is 11.5 Å². The van der Waals surface area contributed by atoms with E-state index in [1.165, 1.54) is 20.4 Å². The van der Waals surface area contributed by atoms with E-state index >= 15 is 0 Å². The molecule has 6 heteroatoms. The van der Waals surface area contributed by atoms with Gasteiger partial charge in [-0.2, -0.15) is 5.26 Å². The molecule has 0 atom stereocenters. The maximum absolute atomic E-state index is 12.4. The van der Waals surface area contributed by atoms with Gasteiger partial charge in [-0.15, -0.1) is 0 Å². The first-order chi connectivity index (χ1) is 12.1. The van der Waals surface area contributed by atoms with Crippen molar-refractivity contribution in [2.24, 2.45) is 0 Å². The monoisotopic (exact) mass is 337 g/mol. The largest absolute Gasteiger partial charge is 0.493 e. The molecule has 0 aliphatic rings. The third kappa shape index (κ3) is 4.52. The number of rotatable bonds is 6. The Morgan fingerprint density at radius 1 is 1.12 bits per heavy atom. The molecule has 0 spiro atoms. The lowest BCUT2D eigenvalue weighted by Gasteiger charge is -2.15. The van der Waals surface area contributed by atoms with E-state index in [0.717, 1.165) is 5.69 Å². The number of benzene rings is 2. The van der Waals surface area contributed by atoms with Gasteiger partial charge in [0.25, 0.3) is 5.91 Å². The van der Waals surface area contributed by atoms with Crippen molar-refractivity contribution in [3.8, 4) is 17.6 Å². The zero-order valence-electron chi connectivity index (χ0n) is 14.3. The van der Waals surface area contributed by atoms with E-state index in [-0.39, 0.29) is 5.57 Å². The van der Waals surface area contributed by atoms with E-state index in [1.54, 1.807) is 30.1 Å². The Labute approximate surface area is 146 Å². The highest BCUT2D eigenvalue weighted by Crippen LogP contribution is 2.29. The molecule has 0 aromatic heterocycles. The van der Waals surface area contributed by atoms with E-state index in [4.69, 9.17) is 9.47 Å². The lowest BCUT2D eigenvalue weighted by Crippen LogP contribution is -2.17. The van der Waals surface area contributed by atoms with Gasteiger partial charge in [0, 0.05) is 30.7 Å². The molecule has 25 heavy (non-hydrogen) atoms. The van der Waals surface area contributed by atoms with Crippen molar-refractivity contribution in [3.05, 3.63) is 60.3 Å². The standard InChI is InChI=1S/C19H19N3O3/c1-22(16-7-5-4-6-8-16)13-14(12-20)19(23)21-15-9-10-17(24-2)18(11-15)25-3/h4-11,13H,1-3H3,(H,21,23)/b14-13-. The Hall–Kier alpha value is -3.46. The number of hydrogen-bond donors (Lipinski definition) is 1. The Morgan fingerprint density at radius 2 is 1.80 bits per heavy atom. The third-order valence-electron chi connectivity index (χ3n) is 3.49. The lowest BCUT2D eigenvalue weighted by molar-refractivity contribution is -0.112. The van der Waals surface area contributed by atoms with Gasteiger partial charge in [-0.3, -0.25) is 4.79 Å². The fourth-order valence-electron chi connectivity index (χ4n) is 2.18. The Kier molecular flexibility index (Phi) is 6.02. The van der Waals surface area contributed by atoms with Crippen LogP contribution in [0.25, 0.3) is 0 Å². The zero-order valence-corrected chi connectivity index (χ0v) is 14.3. The van der Waals surface area contributed by atoms with Crippen LogP contribution in [0.15, 0.2) is 60.3 Å². The predicted octanol–water partition coefficient (Wildman–Crippen LogP) is 3.19. The van der Waals surface area contributed by atoms with E-state index < -0.39 is 5.91 Å². The minimum absolute atomic E-state index is 0.0128. The Morgan fingerprint density at radius 3 is 2.40 bits per heavy atom. The molecule has 0 bridgehead atoms. The first-order valence-electron chi connectivity index (χ1n) is 7.52. The van der Waals surface area contributed by atoms with Crippen LogP contribution in [-0.4, -0.2) is 27.2 Å². The van der Waals surface area contributed by atoms with Crippen molar-refractivity contribution in [2.75, 3.05) is 31.5 Å². The molecule has 6 nitrogen and oxygen atoms in total. The van der Waals surface area contributed by atoms with E-state index in [1.807, 2.05) is 36.4 Å². The van der Waals surface area contributed by atoms with Crippen LogP contribution in [0.1, 0.15) is 0 Å². The minimum Gasteiger partial charge on any atom is -0.493 e. The van der Waals surface area contributed by atoms with Crippen LogP contribution < -0.4 is 19.7 Å². The molecule has 1 N–H and O–H groups in total. The van der Waals surface area contributed by atoms with Gasteiger partial charge in [-0.05, 0) is 24.3 Å². The second-order valence-electron chi connectivity index (χ2n) is 5.12. The summed E-state index contributed by atoms with van der Waals surface area (Å²) in [6, 6.07) is 16.4. The number of carbonyl (C=O) groups is 1. The fourth-order valence-corrected chi connectivity index (χ4v) is 2.18. The van der Waals surface area contributed by atoms with E-state index in [9.17, 15) is 10.1 Å². The topological polar surface area (TPSA) is 74.6 Å². The van der Waals surface area contributed by atoms with Crippen LogP contribution in [0.2, 0.25) is 0 Å². The number of anilines is 2. The summed E-state index contributed by atoms with van der Waals surface area (Å²) in [6.45, 7) is 0. The van der Waals surface area contributed by atoms with Gasteiger partial charge in [0.1, 0.15) is 11.6 Å². The first kappa shape index (κ1) is 17.9.